The van der Waals surface area contributed by atoms with E-state index in [0.717, 1.165) is 52.2 Å². The Labute approximate surface area is 150 Å². The van der Waals surface area contributed by atoms with Crippen molar-refractivity contribution in [3.63, 3.8) is 0 Å². The van der Waals surface area contributed by atoms with Crippen LogP contribution in [0.1, 0.15) is 24.4 Å². The minimum Gasteiger partial charge on any atom is -0.393 e. The number of rotatable bonds is 3. The third-order valence-electron chi connectivity index (χ3n) is 5.25. The number of aromatic nitrogens is 5. The highest BCUT2D eigenvalue weighted by Gasteiger charge is 2.30. The van der Waals surface area contributed by atoms with E-state index < -0.39 is 0 Å². The van der Waals surface area contributed by atoms with Crippen LogP contribution in [0.2, 0.25) is 0 Å². The number of aliphatic hydroxyl groups is 1. The first-order valence-electron chi connectivity index (χ1n) is 8.83. The summed E-state index contributed by atoms with van der Waals surface area (Å²) in [5, 5.41) is 18.4. The number of hydrogen-bond donors (Lipinski definition) is 2. The van der Waals surface area contributed by atoms with Crippen LogP contribution in [0.15, 0.2) is 36.8 Å². The van der Waals surface area contributed by atoms with Crippen LogP contribution in [0, 0.1) is 6.92 Å². The lowest BCUT2D eigenvalue weighted by atomic mass is 9.89. The molecule has 26 heavy (non-hydrogen) atoms. The van der Waals surface area contributed by atoms with E-state index in [0.29, 0.717) is 6.04 Å². The van der Waals surface area contributed by atoms with E-state index in [2.05, 4.69) is 32.2 Å². The molecule has 0 amide bonds. The van der Waals surface area contributed by atoms with Gasteiger partial charge in [0.25, 0.3) is 0 Å². The van der Waals surface area contributed by atoms with Gasteiger partial charge < -0.3 is 15.0 Å². The molecule has 1 saturated carbocycles. The van der Waals surface area contributed by atoms with E-state index in [1.165, 1.54) is 0 Å². The standard InChI is InChI=1S/C19H20N6O/c1-11-9-22-25-17(20-2)8-16(23-18(11)25)15-10-24(12-6-13(26)7-12)19-14(15)4-3-5-21-19/h3-5,8-10,12-13,20,26H,6-7H2,1-2H3/t12-,13+. The summed E-state index contributed by atoms with van der Waals surface area (Å²) in [5.74, 6) is 0.891. The number of nitrogens with one attached hydrogen (secondary N) is 1. The molecule has 4 heterocycles. The Balaban J connectivity index is 1.74. The summed E-state index contributed by atoms with van der Waals surface area (Å²) in [6.07, 6.45) is 7.11. The molecule has 4 aromatic rings. The van der Waals surface area contributed by atoms with Gasteiger partial charge >= 0.3 is 0 Å². The molecule has 132 valence electrons. The van der Waals surface area contributed by atoms with E-state index >= 15 is 0 Å². The van der Waals surface area contributed by atoms with Gasteiger partial charge in [-0.05, 0) is 31.9 Å². The van der Waals surface area contributed by atoms with Crippen molar-refractivity contribution in [2.24, 2.45) is 0 Å². The molecule has 7 heteroatoms. The number of fused-ring (bicyclic) bond motifs is 2. The Hall–Kier alpha value is -2.93. The summed E-state index contributed by atoms with van der Waals surface area (Å²) >= 11 is 0. The maximum absolute atomic E-state index is 9.71. The zero-order valence-corrected chi connectivity index (χ0v) is 14.7. The molecule has 2 N–H and O–H groups in total. The summed E-state index contributed by atoms with van der Waals surface area (Å²) in [6.45, 7) is 2.01. The van der Waals surface area contributed by atoms with E-state index in [1.807, 2.05) is 43.0 Å². The van der Waals surface area contributed by atoms with Crippen LogP contribution in [-0.2, 0) is 0 Å². The lowest BCUT2D eigenvalue weighted by Gasteiger charge is -2.32. The van der Waals surface area contributed by atoms with Crippen LogP contribution < -0.4 is 5.32 Å². The molecule has 4 aromatic heterocycles. The van der Waals surface area contributed by atoms with Crippen molar-refractivity contribution < 1.29 is 5.11 Å². The molecule has 0 aliphatic heterocycles. The predicted molar refractivity (Wildman–Crippen MR) is 100 cm³/mol. The quantitative estimate of drug-likeness (QED) is 0.595. The highest BCUT2D eigenvalue weighted by atomic mass is 16.3. The van der Waals surface area contributed by atoms with E-state index in [1.54, 1.807) is 0 Å². The van der Waals surface area contributed by atoms with Crippen molar-refractivity contribution >= 4 is 22.5 Å². The number of nitrogens with zero attached hydrogens (tertiary/aromatic N) is 5. The second kappa shape index (κ2) is 5.54. The molecule has 1 aliphatic rings. The number of anilines is 1. The maximum atomic E-state index is 9.71. The summed E-state index contributed by atoms with van der Waals surface area (Å²) in [4.78, 5) is 9.45. The van der Waals surface area contributed by atoms with Crippen molar-refractivity contribution in [3.05, 3.63) is 42.4 Å². The molecule has 0 spiro atoms. The molecule has 1 fully saturated rings. The van der Waals surface area contributed by atoms with Crippen LogP contribution in [-0.4, -0.2) is 42.4 Å². The molecule has 0 bridgehead atoms. The minimum atomic E-state index is -0.204. The topological polar surface area (TPSA) is 80.3 Å². The Morgan fingerprint density at radius 2 is 2.12 bits per heavy atom. The van der Waals surface area contributed by atoms with Crippen molar-refractivity contribution in [1.82, 2.24) is 24.1 Å². The first-order valence-corrected chi connectivity index (χ1v) is 8.83. The summed E-state index contributed by atoms with van der Waals surface area (Å²) < 4.78 is 4.00. The predicted octanol–water partition coefficient (Wildman–Crippen LogP) is 2.79. The highest BCUT2D eigenvalue weighted by Crippen LogP contribution is 2.38. The van der Waals surface area contributed by atoms with Gasteiger partial charge in [0.2, 0.25) is 0 Å². The van der Waals surface area contributed by atoms with Gasteiger partial charge in [-0.1, -0.05) is 0 Å². The molecule has 0 saturated heterocycles. The largest absolute Gasteiger partial charge is 0.393 e. The Bertz CT molecular complexity index is 1120. The van der Waals surface area contributed by atoms with E-state index in [9.17, 15) is 5.11 Å². The molecule has 0 aromatic carbocycles. The summed E-state index contributed by atoms with van der Waals surface area (Å²) in [6, 6.07) is 6.34. The van der Waals surface area contributed by atoms with Crippen molar-refractivity contribution in [2.45, 2.75) is 31.9 Å². The molecule has 0 unspecified atom stereocenters. The van der Waals surface area contributed by atoms with Gasteiger partial charge in [-0.3, -0.25) is 0 Å². The monoisotopic (exact) mass is 348 g/mol. The first-order chi connectivity index (χ1) is 12.7. The molecule has 5 rings (SSSR count). The average Bonchev–Trinajstić information content (AvgIpc) is 3.20. The fourth-order valence-corrected chi connectivity index (χ4v) is 3.74. The van der Waals surface area contributed by atoms with Crippen LogP contribution >= 0.6 is 0 Å². The van der Waals surface area contributed by atoms with Gasteiger partial charge in [0.1, 0.15) is 11.5 Å². The second-order valence-electron chi connectivity index (χ2n) is 6.94. The van der Waals surface area contributed by atoms with Crippen molar-refractivity contribution in [2.75, 3.05) is 12.4 Å². The SMILES string of the molecule is CNc1cc(-c2cn([C@H]3C[C@@H](O)C3)c3ncccc23)nc2c(C)cnn12. The highest BCUT2D eigenvalue weighted by molar-refractivity contribution is 5.94. The molecule has 0 atom stereocenters. The van der Waals surface area contributed by atoms with Gasteiger partial charge in [0.15, 0.2) is 5.65 Å². The van der Waals surface area contributed by atoms with Gasteiger partial charge in [-0.2, -0.15) is 9.61 Å². The van der Waals surface area contributed by atoms with Gasteiger partial charge in [-0.15, -0.1) is 0 Å². The Morgan fingerprint density at radius 1 is 1.27 bits per heavy atom. The average molecular weight is 348 g/mol. The van der Waals surface area contributed by atoms with Crippen molar-refractivity contribution in [3.8, 4) is 11.3 Å². The van der Waals surface area contributed by atoms with E-state index in [4.69, 9.17) is 4.98 Å². The summed E-state index contributed by atoms with van der Waals surface area (Å²) in [7, 11) is 1.89. The molecular formula is C19H20N6O. The second-order valence-corrected chi connectivity index (χ2v) is 6.94. The molecular weight excluding hydrogens is 328 g/mol. The van der Waals surface area contributed by atoms with Crippen LogP contribution in [0.5, 0.6) is 0 Å². The fourth-order valence-electron chi connectivity index (χ4n) is 3.74. The molecule has 1 aliphatic carbocycles. The maximum Gasteiger partial charge on any atom is 0.160 e. The number of aliphatic hydroxyl groups excluding tert-OH is 1. The smallest absolute Gasteiger partial charge is 0.160 e. The number of aryl methyl sites for hydroxylation is 1. The zero-order chi connectivity index (χ0) is 17.8. The third-order valence-corrected chi connectivity index (χ3v) is 5.25. The number of hydrogen-bond acceptors (Lipinski definition) is 5. The van der Waals surface area contributed by atoms with Gasteiger partial charge in [0.05, 0.1) is 18.0 Å². The van der Waals surface area contributed by atoms with E-state index in [-0.39, 0.29) is 6.10 Å². The lowest BCUT2D eigenvalue weighted by molar-refractivity contribution is 0.0502. The Morgan fingerprint density at radius 3 is 2.88 bits per heavy atom. The van der Waals surface area contributed by atoms with Crippen molar-refractivity contribution in [1.29, 1.82) is 0 Å². The first kappa shape index (κ1) is 15.3. The van der Waals surface area contributed by atoms with Crippen LogP contribution in [0.25, 0.3) is 27.9 Å². The zero-order valence-electron chi connectivity index (χ0n) is 14.7. The molecule has 0 radical (unpaired) electrons. The van der Waals surface area contributed by atoms with Crippen LogP contribution in [0.4, 0.5) is 5.82 Å². The molecule has 7 nitrogen and oxygen atoms in total. The van der Waals surface area contributed by atoms with Crippen LogP contribution in [0.3, 0.4) is 0 Å². The fraction of sp³-hybridized carbons (Fsp3) is 0.316. The third kappa shape index (κ3) is 2.13. The Kier molecular flexibility index (Phi) is 3.27. The number of pyridine rings is 1. The lowest BCUT2D eigenvalue weighted by Crippen LogP contribution is -2.30. The summed E-state index contributed by atoms with van der Waals surface area (Å²) in [5.41, 5.74) is 4.76. The van der Waals surface area contributed by atoms with Gasteiger partial charge in [0, 0.05) is 48.1 Å². The minimum absolute atomic E-state index is 0.204. The van der Waals surface area contributed by atoms with Gasteiger partial charge in [-0.25, -0.2) is 9.97 Å². The normalized spacial score (nSPS) is 19.8.